The molecule has 0 saturated carbocycles. The summed E-state index contributed by atoms with van der Waals surface area (Å²) in [4.78, 5) is 25.9. The highest BCUT2D eigenvalue weighted by molar-refractivity contribution is 5.96. The molecule has 25 heavy (non-hydrogen) atoms. The predicted octanol–water partition coefficient (Wildman–Crippen LogP) is 2.39. The molecule has 134 valence electrons. The molecule has 2 rings (SSSR count). The Morgan fingerprint density at radius 1 is 1.12 bits per heavy atom. The molecule has 2 N–H and O–H groups in total. The van der Waals surface area contributed by atoms with E-state index in [-0.39, 0.29) is 24.9 Å². The molecule has 0 unspecified atom stereocenters. The van der Waals surface area contributed by atoms with E-state index in [1.807, 2.05) is 57.0 Å². The van der Waals surface area contributed by atoms with Crippen LogP contribution in [0.25, 0.3) is 0 Å². The van der Waals surface area contributed by atoms with Crippen LogP contribution in [0.5, 0.6) is 0 Å². The molecule has 6 heteroatoms. The summed E-state index contributed by atoms with van der Waals surface area (Å²) in [6, 6.07) is 7.70. The van der Waals surface area contributed by atoms with Crippen LogP contribution in [-0.2, 0) is 16.1 Å². The number of rotatable bonds is 7. The third kappa shape index (κ3) is 5.76. The van der Waals surface area contributed by atoms with Crippen molar-refractivity contribution < 1.29 is 14.0 Å². The molecule has 0 fully saturated rings. The standard InChI is InChI=1S/C19H25N3O3/c1-13-8-14(2)19(15(3)9-13)21-17(23)10-20-18(24)12-22(4)11-16-6-5-7-25-16/h5-9H,10-12H2,1-4H3,(H,20,24)(H,21,23). The van der Waals surface area contributed by atoms with Crippen LogP contribution in [0.1, 0.15) is 22.5 Å². The Labute approximate surface area is 148 Å². The van der Waals surface area contributed by atoms with Gasteiger partial charge in [-0.2, -0.15) is 0 Å². The molecule has 0 radical (unpaired) electrons. The molecule has 0 spiro atoms. The molecule has 0 aliphatic carbocycles. The molecular formula is C19H25N3O3. The topological polar surface area (TPSA) is 74.6 Å². The van der Waals surface area contributed by atoms with Crippen LogP contribution < -0.4 is 10.6 Å². The van der Waals surface area contributed by atoms with Gasteiger partial charge in [-0.15, -0.1) is 0 Å². The summed E-state index contributed by atoms with van der Waals surface area (Å²) in [6.45, 7) is 6.60. The molecule has 0 aliphatic rings. The molecular weight excluding hydrogens is 318 g/mol. The lowest BCUT2D eigenvalue weighted by atomic mass is 10.1. The monoisotopic (exact) mass is 343 g/mol. The van der Waals surface area contributed by atoms with E-state index in [1.165, 1.54) is 0 Å². The van der Waals surface area contributed by atoms with Crippen molar-refractivity contribution in [1.29, 1.82) is 0 Å². The minimum absolute atomic E-state index is 0.0554. The number of likely N-dealkylation sites (N-methyl/N-ethyl adjacent to an activating group) is 1. The lowest BCUT2D eigenvalue weighted by Gasteiger charge is -2.15. The smallest absolute Gasteiger partial charge is 0.243 e. The van der Waals surface area contributed by atoms with Crippen LogP contribution in [0.4, 0.5) is 5.69 Å². The van der Waals surface area contributed by atoms with Crippen LogP contribution in [0.3, 0.4) is 0 Å². The van der Waals surface area contributed by atoms with E-state index in [4.69, 9.17) is 4.42 Å². The van der Waals surface area contributed by atoms with Gasteiger partial charge in [0.05, 0.1) is 25.9 Å². The predicted molar refractivity (Wildman–Crippen MR) is 97.3 cm³/mol. The van der Waals surface area contributed by atoms with Crippen molar-refractivity contribution in [2.45, 2.75) is 27.3 Å². The summed E-state index contributed by atoms with van der Waals surface area (Å²) < 4.78 is 5.24. The zero-order chi connectivity index (χ0) is 18.4. The molecule has 0 atom stereocenters. The fourth-order valence-corrected chi connectivity index (χ4v) is 2.77. The Balaban J connectivity index is 1.78. The molecule has 0 saturated heterocycles. The van der Waals surface area contributed by atoms with Gasteiger partial charge < -0.3 is 15.1 Å². The zero-order valence-electron chi connectivity index (χ0n) is 15.2. The highest BCUT2D eigenvalue weighted by atomic mass is 16.3. The van der Waals surface area contributed by atoms with Crippen molar-refractivity contribution >= 4 is 17.5 Å². The molecule has 2 aromatic rings. The largest absolute Gasteiger partial charge is 0.468 e. The van der Waals surface area contributed by atoms with Crippen LogP contribution >= 0.6 is 0 Å². The second-order valence-corrected chi connectivity index (χ2v) is 6.35. The van der Waals surface area contributed by atoms with Gasteiger partial charge in [0.15, 0.2) is 0 Å². The van der Waals surface area contributed by atoms with Gasteiger partial charge in [-0.3, -0.25) is 14.5 Å². The van der Waals surface area contributed by atoms with E-state index in [2.05, 4.69) is 10.6 Å². The zero-order valence-corrected chi connectivity index (χ0v) is 15.2. The third-order valence-electron chi connectivity index (χ3n) is 3.81. The van der Waals surface area contributed by atoms with E-state index >= 15 is 0 Å². The molecule has 1 aromatic carbocycles. The summed E-state index contributed by atoms with van der Waals surface area (Å²) in [7, 11) is 1.82. The van der Waals surface area contributed by atoms with Crippen LogP contribution in [-0.4, -0.2) is 36.9 Å². The highest BCUT2D eigenvalue weighted by Crippen LogP contribution is 2.21. The summed E-state index contributed by atoms with van der Waals surface area (Å²) in [6.07, 6.45) is 1.60. The first-order valence-corrected chi connectivity index (χ1v) is 8.20. The van der Waals surface area contributed by atoms with E-state index in [0.29, 0.717) is 6.54 Å². The number of benzene rings is 1. The maximum atomic E-state index is 12.1. The van der Waals surface area contributed by atoms with Crippen LogP contribution in [0.15, 0.2) is 34.9 Å². The fourth-order valence-electron chi connectivity index (χ4n) is 2.77. The second-order valence-electron chi connectivity index (χ2n) is 6.35. The van der Waals surface area contributed by atoms with Crippen molar-refractivity contribution in [3.8, 4) is 0 Å². The van der Waals surface area contributed by atoms with Crippen molar-refractivity contribution in [2.75, 3.05) is 25.5 Å². The first kappa shape index (κ1) is 18.7. The Kier molecular flexibility index (Phi) is 6.36. The van der Waals surface area contributed by atoms with Crippen molar-refractivity contribution in [2.24, 2.45) is 0 Å². The van der Waals surface area contributed by atoms with Gasteiger partial charge in [-0.25, -0.2) is 0 Å². The second kappa shape index (κ2) is 8.48. The Bertz CT molecular complexity index is 715. The average Bonchev–Trinajstić information content (AvgIpc) is 3.01. The van der Waals surface area contributed by atoms with Gasteiger partial charge in [0.2, 0.25) is 11.8 Å². The number of carbonyl (C=O) groups excluding carboxylic acids is 2. The number of furan rings is 1. The maximum absolute atomic E-state index is 12.1. The van der Waals surface area contributed by atoms with E-state index in [9.17, 15) is 9.59 Å². The lowest BCUT2D eigenvalue weighted by molar-refractivity contribution is -0.124. The first-order valence-electron chi connectivity index (χ1n) is 8.20. The normalized spacial score (nSPS) is 10.8. The highest BCUT2D eigenvalue weighted by Gasteiger charge is 2.12. The van der Waals surface area contributed by atoms with Gasteiger partial charge in [0.25, 0.3) is 0 Å². The summed E-state index contributed by atoms with van der Waals surface area (Å²) in [5.74, 6) is 0.344. The third-order valence-corrected chi connectivity index (χ3v) is 3.81. The van der Waals surface area contributed by atoms with E-state index < -0.39 is 0 Å². The maximum Gasteiger partial charge on any atom is 0.243 e. The minimum atomic E-state index is -0.239. The summed E-state index contributed by atoms with van der Waals surface area (Å²) >= 11 is 0. The summed E-state index contributed by atoms with van der Waals surface area (Å²) in [5.41, 5.74) is 3.98. The molecule has 0 bridgehead atoms. The molecule has 1 aromatic heterocycles. The van der Waals surface area contributed by atoms with Gasteiger partial charge in [0.1, 0.15) is 5.76 Å². The SMILES string of the molecule is Cc1cc(C)c(NC(=O)CNC(=O)CN(C)Cc2ccco2)c(C)c1. The molecule has 1 heterocycles. The minimum Gasteiger partial charge on any atom is -0.468 e. The van der Waals surface area contributed by atoms with Crippen molar-refractivity contribution in [1.82, 2.24) is 10.2 Å². The fraction of sp³-hybridized carbons (Fsp3) is 0.368. The number of nitrogens with one attached hydrogen (secondary N) is 2. The van der Waals surface area contributed by atoms with E-state index in [0.717, 1.165) is 28.1 Å². The average molecular weight is 343 g/mol. The van der Waals surface area contributed by atoms with Crippen LogP contribution in [0.2, 0.25) is 0 Å². The summed E-state index contributed by atoms with van der Waals surface area (Å²) in [5, 5.41) is 5.51. The number of carbonyl (C=O) groups is 2. The van der Waals surface area contributed by atoms with Crippen molar-refractivity contribution in [3.63, 3.8) is 0 Å². The van der Waals surface area contributed by atoms with Gasteiger partial charge in [-0.1, -0.05) is 17.7 Å². The Morgan fingerprint density at radius 3 is 2.40 bits per heavy atom. The Morgan fingerprint density at radius 2 is 1.80 bits per heavy atom. The first-order chi connectivity index (χ1) is 11.8. The lowest BCUT2D eigenvalue weighted by Crippen LogP contribution is -2.39. The molecule has 0 aliphatic heterocycles. The molecule has 6 nitrogen and oxygen atoms in total. The Hall–Kier alpha value is -2.60. The van der Waals surface area contributed by atoms with Gasteiger partial charge in [-0.05, 0) is 51.1 Å². The van der Waals surface area contributed by atoms with Gasteiger partial charge >= 0.3 is 0 Å². The number of aryl methyl sites for hydroxylation is 3. The molecule has 2 amide bonds. The number of anilines is 1. The number of amides is 2. The van der Waals surface area contributed by atoms with Crippen molar-refractivity contribution in [3.05, 3.63) is 53.0 Å². The van der Waals surface area contributed by atoms with E-state index in [1.54, 1.807) is 6.26 Å². The quantitative estimate of drug-likeness (QED) is 0.809. The number of nitrogens with zero attached hydrogens (tertiary/aromatic N) is 1. The number of hydrogen-bond acceptors (Lipinski definition) is 4. The van der Waals surface area contributed by atoms with Gasteiger partial charge in [0, 0.05) is 5.69 Å². The number of hydrogen-bond donors (Lipinski definition) is 2. The van der Waals surface area contributed by atoms with Crippen LogP contribution in [0, 0.1) is 20.8 Å².